The van der Waals surface area contributed by atoms with Crippen molar-refractivity contribution in [2.24, 2.45) is 0 Å². The Bertz CT molecular complexity index is 968. The predicted octanol–water partition coefficient (Wildman–Crippen LogP) is 2.49. The molecule has 4 heterocycles. The molecule has 0 aromatic carbocycles. The first kappa shape index (κ1) is 24.3. The van der Waals surface area contributed by atoms with E-state index in [2.05, 4.69) is 15.0 Å². The van der Waals surface area contributed by atoms with Crippen LogP contribution in [0.5, 0.6) is 5.88 Å². The summed E-state index contributed by atoms with van der Waals surface area (Å²) >= 11 is 0. The van der Waals surface area contributed by atoms with Crippen LogP contribution in [0.2, 0.25) is 0 Å². The van der Waals surface area contributed by atoms with Gasteiger partial charge in [-0.1, -0.05) is 0 Å². The zero-order valence-corrected chi connectivity index (χ0v) is 17.2. The SMILES string of the molecule is O=C(O)C(F)(F)F.O=C(c1ccncn1)N1CCC2(CC1)CC(Oc1ncccc1F)CO2. The molecule has 13 heteroatoms. The number of likely N-dealkylation sites (tertiary alicyclic amines) is 1. The van der Waals surface area contributed by atoms with Gasteiger partial charge >= 0.3 is 12.1 Å². The van der Waals surface area contributed by atoms with Crippen molar-refractivity contribution < 1.29 is 41.7 Å². The topological polar surface area (TPSA) is 115 Å². The summed E-state index contributed by atoms with van der Waals surface area (Å²) < 4.78 is 57.1. The summed E-state index contributed by atoms with van der Waals surface area (Å²) in [6.45, 7) is 1.58. The van der Waals surface area contributed by atoms with Crippen LogP contribution in [0.3, 0.4) is 0 Å². The first-order valence-corrected chi connectivity index (χ1v) is 9.86. The smallest absolute Gasteiger partial charge is 0.475 e. The third kappa shape index (κ3) is 6.34. The molecule has 1 N–H and O–H groups in total. The second-order valence-electron chi connectivity index (χ2n) is 7.42. The minimum absolute atomic E-state index is 0.00882. The van der Waals surface area contributed by atoms with Crippen LogP contribution >= 0.6 is 0 Å². The van der Waals surface area contributed by atoms with Crippen molar-refractivity contribution in [2.45, 2.75) is 37.1 Å². The zero-order chi connectivity index (χ0) is 24.1. The molecule has 1 unspecified atom stereocenters. The number of aromatic nitrogens is 3. The van der Waals surface area contributed by atoms with E-state index in [4.69, 9.17) is 19.4 Å². The normalized spacial score (nSPS) is 19.5. The highest BCUT2D eigenvalue weighted by Crippen LogP contribution is 2.37. The van der Waals surface area contributed by atoms with Crippen molar-refractivity contribution in [1.82, 2.24) is 19.9 Å². The third-order valence-electron chi connectivity index (χ3n) is 5.18. The van der Waals surface area contributed by atoms with Gasteiger partial charge in [0.15, 0.2) is 5.82 Å². The monoisotopic (exact) mass is 472 g/mol. The van der Waals surface area contributed by atoms with E-state index >= 15 is 0 Å². The van der Waals surface area contributed by atoms with E-state index in [1.807, 2.05) is 0 Å². The number of rotatable bonds is 3. The Kier molecular flexibility index (Phi) is 7.41. The van der Waals surface area contributed by atoms with Crippen LogP contribution in [-0.2, 0) is 9.53 Å². The summed E-state index contributed by atoms with van der Waals surface area (Å²) in [5.74, 6) is -3.32. The number of nitrogens with zero attached hydrogens (tertiary/aromatic N) is 4. The lowest BCUT2D eigenvalue weighted by molar-refractivity contribution is -0.192. The van der Waals surface area contributed by atoms with Crippen LogP contribution in [0.15, 0.2) is 36.9 Å². The van der Waals surface area contributed by atoms with Crippen LogP contribution in [-0.4, -0.2) is 74.4 Å². The van der Waals surface area contributed by atoms with E-state index in [1.54, 1.807) is 17.2 Å². The molecule has 2 fully saturated rings. The van der Waals surface area contributed by atoms with E-state index in [9.17, 15) is 22.4 Å². The van der Waals surface area contributed by atoms with Gasteiger partial charge in [-0.15, -0.1) is 0 Å². The fourth-order valence-electron chi connectivity index (χ4n) is 3.54. The summed E-state index contributed by atoms with van der Waals surface area (Å²) in [6.07, 6.45) is 1.22. The summed E-state index contributed by atoms with van der Waals surface area (Å²) in [6, 6.07) is 4.47. The standard InChI is InChI=1S/C18H19FN4O3.C2HF3O2/c19-14-2-1-6-21-16(14)26-13-10-18(25-11-13)4-8-23(9-5-18)17(24)15-3-7-20-12-22-15;3-2(4,5)1(6)7/h1-3,6-7,12-13H,4-5,8-11H2;(H,6,7). The van der Waals surface area contributed by atoms with Crippen molar-refractivity contribution >= 4 is 11.9 Å². The van der Waals surface area contributed by atoms with Gasteiger partial charge in [0, 0.05) is 31.9 Å². The van der Waals surface area contributed by atoms with Gasteiger partial charge in [0.1, 0.15) is 18.1 Å². The average molecular weight is 472 g/mol. The Balaban J connectivity index is 0.000000383. The quantitative estimate of drug-likeness (QED) is 0.678. The number of piperidine rings is 1. The lowest BCUT2D eigenvalue weighted by atomic mass is 9.88. The van der Waals surface area contributed by atoms with E-state index in [0.717, 1.165) is 0 Å². The second-order valence-corrected chi connectivity index (χ2v) is 7.42. The van der Waals surface area contributed by atoms with Gasteiger partial charge in [-0.3, -0.25) is 4.79 Å². The molecule has 0 radical (unpaired) electrons. The van der Waals surface area contributed by atoms with Gasteiger partial charge in [-0.25, -0.2) is 24.1 Å². The molecule has 178 valence electrons. The van der Waals surface area contributed by atoms with Crippen LogP contribution in [0, 0.1) is 5.82 Å². The molecule has 1 amide bonds. The molecule has 2 saturated heterocycles. The number of carboxylic acids is 1. The molecular formula is C20H20F4N4O5. The molecule has 0 aliphatic carbocycles. The van der Waals surface area contributed by atoms with Crippen LogP contribution < -0.4 is 4.74 Å². The maximum absolute atomic E-state index is 13.7. The fraction of sp³-hybridized carbons (Fsp3) is 0.450. The predicted molar refractivity (Wildman–Crippen MR) is 103 cm³/mol. The van der Waals surface area contributed by atoms with Crippen molar-refractivity contribution in [3.8, 4) is 5.88 Å². The Morgan fingerprint density at radius 1 is 1.18 bits per heavy atom. The van der Waals surface area contributed by atoms with E-state index in [1.165, 1.54) is 24.7 Å². The first-order chi connectivity index (χ1) is 15.6. The number of hydrogen-bond acceptors (Lipinski definition) is 7. The van der Waals surface area contributed by atoms with Crippen molar-refractivity contribution in [3.05, 3.63) is 48.4 Å². The highest BCUT2D eigenvalue weighted by atomic mass is 19.4. The van der Waals surface area contributed by atoms with Crippen molar-refractivity contribution in [2.75, 3.05) is 19.7 Å². The Hall–Kier alpha value is -3.35. The molecule has 0 bridgehead atoms. The number of pyridine rings is 1. The first-order valence-electron chi connectivity index (χ1n) is 9.86. The average Bonchev–Trinajstić information content (AvgIpc) is 3.18. The summed E-state index contributed by atoms with van der Waals surface area (Å²) in [5.41, 5.74) is 0.0772. The van der Waals surface area contributed by atoms with Gasteiger partial charge in [-0.05, 0) is 31.0 Å². The number of ether oxygens (including phenoxy) is 2. The number of carbonyl (C=O) groups is 2. The second kappa shape index (κ2) is 10.1. The Morgan fingerprint density at radius 2 is 1.88 bits per heavy atom. The Labute approximate surface area is 185 Å². The highest BCUT2D eigenvalue weighted by Gasteiger charge is 2.44. The van der Waals surface area contributed by atoms with Gasteiger partial charge in [0.05, 0.1) is 12.2 Å². The molecule has 9 nitrogen and oxygen atoms in total. The lowest BCUT2D eigenvalue weighted by Gasteiger charge is -2.38. The summed E-state index contributed by atoms with van der Waals surface area (Å²) in [7, 11) is 0. The molecule has 1 atom stereocenters. The van der Waals surface area contributed by atoms with Crippen LogP contribution in [0.25, 0.3) is 0 Å². The third-order valence-corrected chi connectivity index (χ3v) is 5.18. The van der Waals surface area contributed by atoms with Crippen LogP contribution in [0.1, 0.15) is 29.8 Å². The molecule has 33 heavy (non-hydrogen) atoms. The summed E-state index contributed by atoms with van der Waals surface area (Å²) in [4.78, 5) is 34.9. The molecule has 2 aromatic heterocycles. The zero-order valence-electron chi connectivity index (χ0n) is 17.2. The molecule has 2 aliphatic rings. The Morgan fingerprint density at radius 3 is 2.45 bits per heavy atom. The molecule has 2 aromatic rings. The number of hydrogen-bond donors (Lipinski definition) is 1. The van der Waals surface area contributed by atoms with E-state index in [-0.39, 0.29) is 23.5 Å². The molecule has 1 spiro atoms. The van der Waals surface area contributed by atoms with Gasteiger partial charge in [0.25, 0.3) is 11.8 Å². The number of carbonyl (C=O) groups excluding carboxylic acids is 1. The number of alkyl halides is 3. The van der Waals surface area contributed by atoms with Gasteiger partial charge in [-0.2, -0.15) is 13.2 Å². The highest BCUT2D eigenvalue weighted by molar-refractivity contribution is 5.92. The van der Waals surface area contributed by atoms with Gasteiger partial charge < -0.3 is 19.5 Å². The van der Waals surface area contributed by atoms with Crippen LogP contribution in [0.4, 0.5) is 17.6 Å². The maximum Gasteiger partial charge on any atom is 0.490 e. The van der Waals surface area contributed by atoms with E-state index < -0.39 is 18.0 Å². The molecule has 4 rings (SSSR count). The van der Waals surface area contributed by atoms with Crippen molar-refractivity contribution in [3.63, 3.8) is 0 Å². The molecular weight excluding hydrogens is 452 g/mol. The largest absolute Gasteiger partial charge is 0.490 e. The maximum atomic E-state index is 13.7. The molecule has 2 aliphatic heterocycles. The van der Waals surface area contributed by atoms with Crippen molar-refractivity contribution in [1.29, 1.82) is 0 Å². The minimum Gasteiger partial charge on any atom is -0.475 e. The number of halogens is 4. The molecule has 0 saturated carbocycles. The number of aliphatic carboxylic acids is 1. The number of amides is 1. The van der Waals surface area contributed by atoms with E-state index in [0.29, 0.717) is 44.7 Å². The fourth-order valence-corrected chi connectivity index (χ4v) is 3.54. The minimum atomic E-state index is -5.08. The van der Waals surface area contributed by atoms with Gasteiger partial charge in [0.2, 0.25) is 0 Å². The lowest BCUT2D eigenvalue weighted by Crippen LogP contribution is -2.46. The summed E-state index contributed by atoms with van der Waals surface area (Å²) in [5, 5.41) is 7.12. The number of carboxylic acid groups (broad SMARTS) is 1.